The quantitative estimate of drug-likeness (QED) is 0.633. The second-order valence-corrected chi connectivity index (χ2v) is 4.64. The highest BCUT2D eigenvalue weighted by atomic mass is 32.2. The number of aliphatic hydroxyl groups excluding tert-OH is 1. The number of hydrogen-bond acceptors (Lipinski definition) is 5. The van der Waals surface area contributed by atoms with Crippen LogP contribution in [0.5, 0.6) is 0 Å². The summed E-state index contributed by atoms with van der Waals surface area (Å²) in [4.78, 5) is 0. The van der Waals surface area contributed by atoms with Crippen LogP contribution in [0.25, 0.3) is 0 Å². The van der Waals surface area contributed by atoms with E-state index in [0.29, 0.717) is 6.54 Å². The molecule has 0 atom stereocenters. The summed E-state index contributed by atoms with van der Waals surface area (Å²) in [6, 6.07) is 7.84. The summed E-state index contributed by atoms with van der Waals surface area (Å²) < 4.78 is 1.71. The fourth-order valence-electron chi connectivity index (χ4n) is 1.43. The number of aliphatic hydroxyl groups is 1. The van der Waals surface area contributed by atoms with Gasteiger partial charge >= 0.3 is 0 Å². The van der Waals surface area contributed by atoms with E-state index >= 15 is 0 Å². The van der Waals surface area contributed by atoms with Crippen molar-refractivity contribution in [2.45, 2.75) is 24.1 Å². The number of nitrogens with zero attached hydrogens (tertiary/aromatic N) is 4. The first-order valence-corrected chi connectivity index (χ1v) is 6.50. The molecule has 0 aliphatic heterocycles. The van der Waals surface area contributed by atoms with Crippen molar-refractivity contribution in [3.63, 3.8) is 0 Å². The molecule has 1 N–H and O–H groups in total. The van der Waals surface area contributed by atoms with Crippen LogP contribution in [0.3, 0.4) is 0 Å². The van der Waals surface area contributed by atoms with Crippen LogP contribution in [-0.2, 0) is 18.9 Å². The summed E-state index contributed by atoms with van der Waals surface area (Å²) in [5.41, 5.74) is 2.09. The van der Waals surface area contributed by atoms with Crippen LogP contribution in [0, 0.1) is 0 Å². The van der Waals surface area contributed by atoms with Gasteiger partial charge in [-0.1, -0.05) is 42.1 Å². The van der Waals surface area contributed by atoms with Gasteiger partial charge in [0.05, 0.1) is 13.2 Å². The molecule has 0 saturated heterocycles. The van der Waals surface area contributed by atoms with E-state index in [1.54, 1.807) is 22.5 Å². The standard InChI is InChI=1S/C12H14N4OS/c1-2-7-16-12(13-14-15-16)18-9-11-5-3-10(8-17)4-6-11/h2-6,17H,1,7-9H2. The molecule has 0 fully saturated rings. The minimum Gasteiger partial charge on any atom is -0.392 e. The molecule has 6 heteroatoms. The van der Waals surface area contributed by atoms with Crippen molar-refractivity contribution < 1.29 is 5.11 Å². The van der Waals surface area contributed by atoms with Crippen molar-refractivity contribution in [1.82, 2.24) is 20.2 Å². The van der Waals surface area contributed by atoms with Crippen LogP contribution >= 0.6 is 11.8 Å². The summed E-state index contributed by atoms with van der Waals surface area (Å²) in [5.74, 6) is 0.795. The lowest BCUT2D eigenvalue weighted by molar-refractivity contribution is 0.282. The topological polar surface area (TPSA) is 63.8 Å². The predicted octanol–water partition coefficient (Wildman–Crippen LogP) is 1.64. The molecule has 2 rings (SSSR count). The Morgan fingerprint density at radius 1 is 1.28 bits per heavy atom. The van der Waals surface area contributed by atoms with E-state index in [0.717, 1.165) is 16.5 Å². The summed E-state index contributed by atoms with van der Waals surface area (Å²) in [6.07, 6.45) is 1.76. The zero-order valence-corrected chi connectivity index (χ0v) is 10.7. The average Bonchev–Trinajstić information content (AvgIpc) is 2.85. The molecule has 2 aromatic rings. The van der Waals surface area contributed by atoms with Crippen molar-refractivity contribution in [3.05, 3.63) is 48.0 Å². The highest BCUT2D eigenvalue weighted by Gasteiger charge is 2.05. The van der Waals surface area contributed by atoms with Gasteiger partial charge < -0.3 is 5.11 Å². The highest BCUT2D eigenvalue weighted by molar-refractivity contribution is 7.98. The van der Waals surface area contributed by atoms with Gasteiger partial charge in [-0.15, -0.1) is 11.7 Å². The molecule has 1 aromatic carbocycles. The minimum absolute atomic E-state index is 0.0744. The molecule has 1 aromatic heterocycles. The molecule has 94 valence electrons. The van der Waals surface area contributed by atoms with Crippen LogP contribution in [-0.4, -0.2) is 25.3 Å². The number of hydrogen-bond donors (Lipinski definition) is 1. The second-order valence-electron chi connectivity index (χ2n) is 3.70. The predicted molar refractivity (Wildman–Crippen MR) is 69.9 cm³/mol. The summed E-state index contributed by atoms with van der Waals surface area (Å²) >= 11 is 1.58. The number of benzene rings is 1. The Morgan fingerprint density at radius 3 is 2.67 bits per heavy atom. The molecule has 0 bridgehead atoms. The lowest BCUT2D eigenvalue weighted by atomic mass is 10.2. The molecule has 0 unspecified atom stereocenters. The zero-order valence-electron chi connectivity index (χ0n) is 9.86. The van der Waals surface area contributed by atoms with Crippen LogP contribution in [0.2, 0.25) is 0 Å². The summed E-state index contributed by atoms with van der Waals surface area (Å²) in [5, 5.41) is 21.2. The lowest BCUT2D eigenvalue weighted by Crippen LogP contribution is -1.99. The normalized spacial score (nSPS) is 10.5. The SMILES string of the molecule is C=CCn1nnnc1SCc1ccc(CO)cc1. The Kier molecular flexibility index (Phi) is 4.49. The molecule has 1 heterocycles. The lowest BCUT2D eigenvalue weighted by Gasteiger charge is -2.02. The first-order chi connectivity index (χ1) is 8.83. The maximum absolute atomic E-state index is 8.96. The Balaban J connectivity index is 1.97. The Labute approximate surface area is 110 Å². The van der Waals surface area contributed by atoms with Crippen LogP contribution < -0.4 is 0 Å². The second kappa shape index (κ2) is 6.32. The van der Waals surface area contributed by atoms with Crippen molar-refractivity contribution in [3.8, 4) is 0 Å². The molecule has 0 spiro atoms. The molecule has 0 saturated carbocycles. The maximum atomic E-state index is 8.96. The van der Waals surface area contributed by atoms with E-state index in [2.05, 4.69) is 22.1 Å². The van der Waals surface area contributed by atoms with Crippen molar-refractivity contribution >= 4 is 11.8 Å². The summed E-state index contributed by atoms with van der Waals surface area (Å²) in [7, 11) is 0. The van der Waals surface area contributed by atoms with E-state index < -0.39 is 0 Å². The van der Waals surface area contributed by atoms with E-state index in [9.17, 15) is 0 Å². The number of allylic oxidation sites excluding steroid dienone is 1. The molecule has 5 nitrogen and oxygen atoms in total. The van der Waals surface area contributed by atoms with Crippen molar-refractivity contribution in [1.29, 1.82) is 0 Å². The van der Waals surface area contributed by atoms with E-state index in [4.69, 9.17) is 5.11 Å². The minimum atomic E-state index is 0.0744. The van der Waals surface area contributed by atoms with Crippen LogP contribution in [0.15, 0.2) is 42.1 Å². The molecule has 0 radical (unpaired) electrons. The van der Waals surface area contributed by atoms with Crippen LogP contribution in [0.1, 0.15) is 11.1 Å². The van der Waals surface area contributed by atoms with Gasteiger partial charge in [0.2, 0.25) is 5.16 Å². The molecular weight excluding hydrogens is 248 g/mol. The van der Waals surface area contributed by atoms with Gasteiger partial charge in [0, 0.05) is 5.75 Å². The molecule has 0 aliphatic carbocycles. The smallest absolute Gasteiger partial charge is 0.209 e. The van der Waals surface area contributed by atoms with Gasteiger partial charge in [-0.25, -0.2) is 4.68 Å². The molecule has 0 aliphatic rings. The largest absolute Gasteiger partial charge is 0.392 e. The molecule has 18 heavy (non-hydrogen) atoms. The number of thioether (sulfide) groups is 1. The Bertz CT molecular complexity index is 509. The summed E-state index contributed by atoms with van der Waals surface area (Å²) in [6.45, 7) is 4.35. The number of tetrazole rings is 1. The third-order valence-electron chi connectivity index (χ3n) is 2.37. The maximum Gasteiger partial charge on any atom is 0.209 e. The zero-order chi connectivity index (χ0) is 12.8. The third kappa shape index (κ3) is 3.18. The number of rotatable bonds is 6. The third-order valence-corrected chi connectivity index (χ3v) is 3.40. The van der Waals surface area contributed by atoms with E-state index in [1.165, 1.54) is 5.56 Å². The molecular formula is C12H14N4OS. The Morgan fingerprint density at radius 2 is 2.00 bits per heavy atom. The van der Waals surface area contributed by atoms with E-state index in [-0.39, 0.29) is 6.61 Å². The van der Waals surface area contributed by atoms with Gasteiger partial charge in [-0.3, -0.25) is 0 Å². The molecule has 0 amide bonds. The Hall–Kier alpha value is -1.66. The highest BCUT2D eigenvalue weighted by Crippen LogP contribution is 2.20. The first-order valence-electron chi connectivity index (χ1n) is 5.52. The fraction of sp³-hybridized carbons (Fsp3) is 0.250. The van der Waals surface area contributed by atoms with Crippen LogP contribution in [0.4, 0.5) is 0 Å². The monoisotopic (exact) mass is 262 g/mol. The van der Waals surface area contributed by atoms with Gasteiger partial charge in [-0.05, 0) is 21.6 Å². The van der Waals surface area contributed by atoms with Gasteiger partial charge in [0.25, 0.3) is 0 Å². The number of aromatic nitrogens is 4. The van der Waals surface area contributed by atoms with Gasteiger partial charge in [0.15, 0.2) is 0 Å². The first kappa shape index (κ1) is 12.8. The average molecular weight is 262 g/mol. The van der Waals surface area contributed by atoms with Gasteiger partial charge in [-0.2, -0.15) is 0 Å². The van der Waals surface area contributed by atoms with Crippen molar-refractivity contribution in [2.24, 2.45) is 0 Å². The fourth-order valence-corrected chi connectivity index (χ4v) is 2.27. The van der Waals surface area contributed by atoms with E-state index in [1.807, 2.05) is 24.3 Å². The van der Waals surface area contributed by atoms with Crippen molar-refractivity contribution in [2.75, 3.05) is 0 Å². The van der Waals surface area contributed by atoms with Gasteiger partial charge in [0.1, 0.15) is 0 Å².